The second-order valence-electron chi connectivity index (χ2n) is 8.95. The third-order valence-corrected chi connectivity index (χ3v) is 7.18. The molecule has 1 unspecified atom stereocenters. The number of nitrogens with zero attached hydrogens (tertiary/aromatic N) is 2. The largest absolute Gasteiger partial charge is 0.407 e. The molecule has 4 rings (SSSR count). The summed E-state index contributed by atoms with van der Waals surface area (Å²) in [5.41, 5.74) is 1.10. The van der Waals surface area contributed by atoms with Gasteiger partial charge in [-0.15, -0.1) is 11.3 Å². The summed E-state index contributed by atoms with van der Waals surface area (Å²) in [4.78, 5) is 12.6. The van der Waals surface area contributed by atoms with Gasteiger partial charge in [0.05, 0.1) is 0 Å². The molecule has 0 bridgehead atoms. The third kappa shape index (κ3) is 8.73. The lowest BCUT2D eigenvalue weighted by molar-refractivity contribution is -0.140. The van der Waals surface area contributed by atoms with Gasteiger partial charge in [0.25, 0.3) is 0 Å². The number of hydrogen-bond donors (Lipinski definition) is 3. The van der Waals surface area contributed by atoms with Gasteiger partial charge < -0.3 is 20.9 Å². The van der Waals surface area contributed by atoms with Crippen molar-refractivity contribution in [1.82, 2.24) is 20.9 Å². The van der Waals surface area contributed by atoms with Crippen LogP contribution in [0.15, 0.2) is 43.1 Å². The Bertz CT molecular complexity index is 1160. The van der Waals surface area contributed by atoms with E-state index < -0.39 is 18.0 Å². The first-order chi connectivity index (χ1) is 18.6. The standard InChI is InChI=1S/C22H24F4N4S.C3H7N.C3H4O/c1-4-29-10-16(21(28-2)22(24,25)26)20-14(6-5-7-18(20)23)17-11-30(3)12-19-15(17)8-13(9-27)31-19;1-2-4-3-1;1-2-3-4/h5-8,10,17,21,28-29H,4,11-12H2,1-3H3;4H,1-3H2;2-3H,1H2/b16-10-;;/t17-,21?;;/m0../s1. The number of fused-ring (bicyclic) bond motifs is 1. The zero-order valence-corrected chi connectivity index (χ0v) is 23.2. The van der Waals surface area contributed by atoms with Gasteiger partial charge in [0.2, 0.25) is 0 Å². The second-order valence-corrected chi connectivity index (χ2v) is 10.1. The van der Waals surface area contributed by atoms with E-state index >= 15 is 4.39 Å². The highest BCUT2D eigenvalue weighted by molar-refractivity contribution is 7.12. The average Bonchev–Trinajstić information content (AvgIpc) is 3.27. The first-order valence-electron chi connectivity index (χ1n) is 12.6. The van der Waals surface area contributed by atoms with Gasteiger partial charge in [-0.3, -0.25) is 4.79 Å². The Morgan fingerprint density at radius 1 is 1.36 bits per heavy atom. The van der Waals surface area contributed by atoms with Crippen molar-refractivity contribution >= 4 is 23.2 Å². The lowest BCUT2D eigenvalue weighted by Gasteiger charge is -2.33. The van der Waals surface area contributed by atoms with Gasteiger partial charge >= 0.3 is 6.18 Å². The van der Waals surface area contributed by atoms with Crippen molar-refractivity contribution in [3.63, 3.8) is 0 Å². The van der Waals surface area contributed by atoms with Crippen LogP contribution in [0.1, 0.15) is 45.7 Å². The molecule has 2 aliphatic heterocycles. The monoisotopic (exact) mass is 565 g/mol. The van der Waals surface area contributed by atoms with Crippen molar-refractivity contribution in [3.05, 3.63) is 75.4 Å². The molecule has 212 valence electrons. The van der Waals surface area contributed by atoms with Crippen LogP contribution >= 0.6 is 11.3 Å². The number of carbonyl (C=O) groups is 1. The SMILES string of the molecule is C1CNC1.C=CC=O.CCN/C=C(/c1c(F)cccc1[C@@H]1CN(C)Cc2sc(C#N)cc21)C(NC)C(F)(F)F. The van der Waals surface area contributed by atoms with Crippen molar-refractivity contribution < 1.29 is 22.4 Å². The van der Waals surface area contributed by atoms with Crippen molar-refractivity contribution in [1.29, 1.82) is 5.26 Å². The molecule has 0 spiro atoms. The fourth-order valence-electron chi connectivity index (χ4n) is 4.22. The van der Waals surface area contributed by atoms with E-state index in [1.807, 2.05) is 11.9 Å². The molecule has 1 fully saturated rings. The number of nitriles is 1. The Hall–Kier alpha value is -3.04. The van der Waals surface area contributed by atoms with E-state index in [0.717, 1.165) is 10.4 Å². The first kappa shape index (κ1) is 32.2. The Kier molecular flexibility index (Phi) is 12.8. The number of nitrogens with one attached hydrogen (secondary N) is 3. The van der Waals surface area contributed by atoms with E-state index in [1.165, 1.54) is 62.3 Å². The van der Waals surface area contributed by atoms with Crippen LogP contribution in [0.4, 0.5) is 17.6 Å². The van der Waals surface area contributed by atoms with Gasteiger partial charge in [-0.05, 0) is 69.9 Å². The van der Waals surface area contributed by atoms with Crippen molar-refractivity contribution in [2.75, 3.05) is 40.3 Å². The zero-order valence-electron chi connectivity index (χ0n) is 22.4. The molecular formula is C28H35F4N5OS. The molecule has 6 nitrogen and oxygen atoms in total. The maximum atomic E-state index is 15.2. The summed E-state index contributed by atoms with van der Waals surface area (Å²) in [7, 11) is 3.12. The minimum Gasteiger partial charge on any atom is -0.391 e. The average molecular weight is 566 g/mol. The molecule has 2 aliphatic rings. The molecule has 1 aromatic carbocycles. The van der Waals surface area contributed by atoms with Crippen molar-refractivity contribution in [2.45, 2.75) is 38.0 Å². The second kappa shape index (κ2) is 15.5. The molecule has 0 aliphatic carbocycles. The Labute approximate surface area is 231 Å². The third-order valence-electron chi connectivity index (χ3n) is 6.14. The lowest BCUT2D eigenvalue weighted by Crippen LogP contribution is -2.42. The maximum absolute atomic E-state index is 15.2. The maximum Gasteiger partial charge on any atom is 0.407 e. The van der Waals surface area contributed by atoms with Crippen molar-refractivity contribution in [3.8, 4) is 6.07 Å². The van der Waals surface area contributed by atoms with E-state index in [-0.39, 0.29) is 17.1 Å². The quantitative estimate of drug-likeness (QED) is 0.255. The van der Waals surface area contributed by atoms with E-state index in [9.17, 15) is 18.4 Å². The van der Waals surface area contributed by atoms with Crippen LogP contribution in [-0.4, -0.2) is 63.7 Å². The number of likely N-dealkylation sites (N-methyl/N-ethyl adjacent to an activating group) is 2. The van der Waals surface area contributed by atoms with Crippen molar-refractivity contribution in [2.24, 2.45) is 0 Å². The summed E-state index contributed by atoms with van der Waals surface area (Å²) in [6.45, 7) is 8.92. The predicted molar refractivity (Wildman–Crippen MR) is 148 cm³/mol. The fourth-order valence-corrected chi connectivity index (χ4v) is 5.32. The van der Waals surface area contributed by atoms with Gasteiger partial charge in [-0.25, -0.2) is 4.39 Å². The smallest absolute Gasteiger partial charge is 0.391 e. The van der Waals surface area contributed by atoms with E-state index in [2.05, 4.69) is 28.6 Å². The van der Waals surface area contributed by atoms with Crippen LogP contribution in [0.5, 0.6) is 0 Å². The number of hydrogen-bond acceptors (Lipinski definition) is 7. The summed E-state index contributed by atoms with van der Waals surface area (Å²) < 4.78 is 56.7. The number of carbonyl (C=O) groups excluding carboxylic acids is 1. The normalized spacial score (nSPS) is 17.6. The van der Waals surface area contributed by atoms with Gasteiger partial charge in [0.1, 0.15) is 29.1 Å². The number of allylic oxidation sites excluding steroid dienone is 1. The van der Waals surface area contributed by atoms with Crippen LogP contribution < -0.4 is 16.0 Å². The van der Waals surface area contributed by atoms with Crippen LogP contribution in [0, 0.1) is 17.1 Å². The molecule has 2 aromatic rings. The molecule has 2 atom stereocenters. The minimum absolute atomic E-state index is 0.0592. The molecular weight excluding hydrogens is 530 g/mol. The highest BCUT2D eigenvalue weighted by Gasteiger charge is 2.43. The summed E-state index contributed by atoms with van der Waals surface area (Å²) >= 11 is 1.37. The highest BCUT2D eigenvalue weighted by atomic mass is 32.1. The summed E-state index contributed by atoms with van der Waals surface area (Å²) in [6, 6.07) is 6.26. The molecule has 0 saturated carbocycles. The number of benzene rings is 1. The van der Waals surface area contributed by atoms with Gasteiger partial charge in [-0.2, -0.15) is 18.4 Å². The molecule has 0 amide bonds. The van der Waals surface area contributed by atoms with Gasteiger partial charge in [0.15, 0.2) is 0 Å². The molecule has 39 heavy (non-hydrogen) atoms. The Morgan fingerprint density at radius 2 is 2.00 bits per heavy atom. The Balaban J connectivity index is 0.000000577. The number of rotatable bonds is 7. The van der Waals surface area contributed by atoms with Crippen LogP contribution in [0.2, 0.25) is 0 Å². The minimum atomic E-state index is -4.61. The van der Waals surface area contributed by atoms with E-state index in [1.54, 1.807) is 19.1 Å². The van der Waals surface area contributed by atoms with Crippen LogP contribution in [0.3, 0.4) is 0 Å². The van der Waals surface area contributed by atoms with Crippen LogP contribution in [-0.2, 0) is 11.3 Å². The first-order valence-corrected chi connectivity index (χ1v) is 13.4. The van der Waals surface area contributed by atoms with Gasteiger partial charge in [0, 0.05) is 47.8 Å². The fraction of sp³-hybridized carbons (Fsp3) is 0.429. The molecule has 11 heteroatoms. The highest BCUT2D eigenvalue weighted by Crippen LogP contribution is 2.42. The van der Waals surface area contributed by atoms with Gasteiger partial charge in [-0.1, -0.05) is 18.7 Å². The summed E-state index contributed by atoms with van der Waals surface area (Å²) in [5, 5.41) is 17.5. The predicted octanol–water partition coefficient (Wildman–Crippen LogP) is 4.79. The summed E-state index contributed by atoms with van der Waals surface area (Å²) in [6.07, 6.45) is -0.140. The molecule has 3 heterocycles. The number of thiophene rings is 1. The number of aldehydes is 1. The Morgan fingerprint density at radius 3 is 2.49 bits per heavy atom. The van der Waals surface area contributed by atoms with E-state index in [0.29, 0.717) is 36.4 Å². The molecule has 3 N–H and O–H groups in total. The number of halogens is 4. The number of alkyl halides is 3. The molecule has 0 radical (unpaired) electrons. The molecule has 1 saturated heterocycles. The molecule has 1 aromatic heterocycles. The zero-order chi connectivity index (χ0) is 29.0. The van der Waals surface area contributed by atoms with E-state index in [4.69, 9.17) is 4.79 Å². The van der Waals surface area contributed by atoms with Crippen LogP contribution in [0.25, 0.3) is 5.57 Å². The lowest BCUT2D eigenvalue weighted by atomic mass is 9.82. The topological polar surface area (TPSA) is 80.2 Å². The summed E-state index contributed by atoms with van der Waals surface area (Å²) in [5.74, 6) is -1.06.